The van der Waals surface area contributed by atoms with E-state index in [-0.39, 0.29) is 0 Å². The first-order valence-corrected chi connectivity index (χ1v) is 11.3. The standard InChI is InChI=1S/CHP4/c1-2-4-3(1)5(1,2)4/h1H/q+1. The second kappa shape index (κ2) is 0.328. The molecule has 2 unspecified atom stereocenters. The zero-order chi connectivity index (χ0) is 2.81. The van der Waals surface area contributed by atoms with Gasteiger partial charge in [0.05, 0.1) is 0 Å². The summed E-state index contributed by atoms with van der Waals surface area (Å²) in [7, 11) is 2.15. The molecular weight excluding hydrogens is 136 g/mol. The first-order valence-electron chi connectivity index (χ1n) is 1.77. The summed E-state index contributed by atoms with van der Waals surface area (Å²) in [6.45, 7) is 1.11. The summed E-state index contributed by atoms with van der Waals surface area (Å²) >= 11 is 0. The fourth-order valence-corrected chi connectivity index (χ4v) is 91.4. The quantitative estimate of drug-likeness (QED) is 0.449. The Hall–Kier alpha value is 1.72. The third-order valence-electron chi connectivity index (χ3n) is 1.79. The minimum absolute atomic E-state index is 0.472. The minimum atomic E-state index is 0.472. The second-order valence-corrected chi connectivity index (χ2v) is 29.7. The van der Waals surface area contributed by atoms with Crippen LogP contribution in [0.3, 0.4) is 0 Å². The Balaban J connectivity index is 2.71. The molecule has 0 nitrogen and oxygen atoms in total. The molecule has 4 fully saturated rings. The van der Waals surface area contributed by atoms with Crippen molar-refractivity contribution in [3.05, 3.63) is 0 Å². The molecule has 0 aromatic rings. The van der Waals surface area contributed by atoms with E-state index in [1.807, 2.05) is 0 Å². The van der Waals surface area contributed by atoms with Crippen molar-refractivity contribution in [2.75, 3.05) is 0 Å². The summed E-state index contributed by atoms with van der Waals surface area (Å²) in [6, 6.07) is 0. The highest BCUT2D eigenvalue weighted by Gasteiger charge is 3.41. The lowest BCUT2D eigenvalue weighted by atomic mass is 11.9. The van der Waals surface area contributed by atoms with Crippen molar-refractivity contribution in [3.8, 4) is 0 Å². The van der Waals surface area contributed by atoms with Gasteiger partial charge in [-0.25, -0.2) is 0 Å². The Morgan fingerprint density at radius 3 is 1.60 bits per heavy atom. The number of hydrogen-bond acceptors (Lipinski definition) is 0. The van der Waals surface area contributed by atoms with E-state index in [0.717, 1.165) is 21.6 Å². The smallest absolute Gasteiger partial charge is 0.131 e. The van der Waals surface area contributed by atoms with Crippen molar-refractivity contribution in [2.24, 2.45) is 0 Å². The zero-order valence-electron chi connectivity index (χ0n) is 2.37. The fraction of sp³-hybridized carbons (Fsp3) is 1.00. The van der Waals surface area contributed by atoms with E-state index in [2.05, 4.69) is 0 Å². The molecular formula is CHP4+. The molecule has 0 radical (unpaired) electrons. The molecule has 2 atom stereocenters. The van der Waals surface area contributed by atoms with Crippen molar-refractivity contribution >= 4 is 27.9 Å². The minimum Gasteiger partial charge on any atom is 0.131 e. The summed E-state index contributed by atoms with van der Waals surface area (Å²) in [5, 5.41) is 1.62. The van der Waals surface area contributed by atoms with Crippen molar-refractivity contribution in [1.29, 1.82) is 0 Å². The molecule has 5 heavy (non-hydrogen) atoms. The summed E-state index contributed by atoms with van der Waals surface area (Å²) < 4.78 is 0. The molecule has 0 saturated carbocycles. The highest BCUT2D eigenvalue weighted by Crippen LogP contribution is 3.94. The van der Waals surface area contributed by atoms with Crippen LogP contribution in [-0.4, -0.2) is 5.14 Å². The topological polar surface area (TPSA) is 0 Å². The van der Waals surface area contributed by atoms with Crippen LogP contribution in [0.4, 0.5) is 0 Å². The first-order chi connectivity index (χ1) is 2.49. The highest BCUT2D eigenvalue weighted by atomic mass is 33.6. The van der Waals surface area contributed by atoms with E-state index in [1.54, 1.807) is 5.14 Å². The molecule has 4 aliphatic rings. The Kier molecular flexibility index (Phi) is 0.153. The van der Waals surface area contributed by atoms with Crippen LogP contribution >= 0.6 is 27.9 Å². The molecule has 24 valence electrons. The molecule has 0 aliphatic carbocycles. The maximum Gasteiger partial charge on any atom is 0.201 e. The average Bonchev–Trinajstić information content (AvgIpc) is 1.26. The molecule has 0 aromatic carbocycles. The highest BCUT2D eigenvalue weighted by molar-refractivity contribution is 9.78. The van der Waals surface area contributed by atoms with Gasteiger partial charge in [-0.2, -0.15) is 0 Å². The molecule has 4 aliphatic heterocycles. The largest absolute Gasteiger partial charge is 0.201 e. The molecule has 0 N–H and O–H groups in total. The third kappa shape index (κ3) is 0.0696. The lowest BCUT2D eigenvalue weighted by Gasteiger charge is -1.81. The molecule has 0 bridgehead atoms. The van der Waals surface area contributed by atoms with E-state index in [0.29, 0.717) is 6.33 Å². The molecule has 4 heterocycles. The van der Waals surface area contributed by atoms with Crippen molar-refractivity contribution < 1.29 is 0 Å². The van der Waals surface area contributed by atoms with Gasteiger partial charge in [-0.3, -0.25) is 0 Å². The lowest BCUT2D eigenvalue weighted by Crippen LogP contribution is -1.53. The van der Waals surface area contributed by atoms with Gasteiger partial charge in [0.1, 0.15) is 6.33 Å². The normalized spacial score (nSPS) is 125. The van der Waals surface area contributed by atoms with Crippen LogP contribution in [0.25, 0.3) is 0 Å². The van der Waals surface area contributed by atoms with Gasteiger partial charge in [-0.05, 0) is 0 Å². The molecule has 1 spiro atoms. The van der Waals surface area contributed by atoms with Gasteiger partial charge >= 0.3 is 0 Å². The fourth-order valence-electron chi connectivity index (χ4n) is 1.16. The Morgan fingerprint density at radius 1 is 1.40 bits per heavy atom. The first kappa shape index (κ1) is 2.33. The van der Waals surface area contributed by atoms with Crippen molar-refractivity contribution in [2.45, 2.75) is 5.14 Å². The van der Waals surface area contributed by atoms with Gasteiger partial charge in [-0.1, -0.05) is 0 Å². The number of hydrogen-bond donors (Lipinski definition) is 0. The van der Waals surface area contributed by atoms with Crippen LogP contribution < -0.4 is 0 Å². The summed E-state index contributed by atoms with van der Waals surface area (Å²) in [4.78, 5) is 0. The average molecular weight is 137 g/mol. The zero-order valence-corrected chi connectivity index (χ0v) is 5.94. The van der Waals surface area contributed by atoms with Crippen LogP contribution in [0.5, 0.6) is 0 Å². The van der Waals surface area contributed by atoms with E-state index in [4.69, 9.17) is 0 Å². The molecule has 4 rings (SSSR count). The van der Waals surface area contributed by atoms with Crippen LogP contribution in [0, 0.1) is 0 Å². The van der Waals surface area contributed by atoms with Gasteiger partial charge in [0.15, 0.2) is 14.6 Å². The van der Waals surface area contributed by atoms with Crippen LogP contribution in [0.15, 0.2) is 0 Å². The number of rotatable bonds is 0. The van der Waals surface area contributed by atoms with E-state index < -0.39 is 0 Å². The lowest BCUT2D eigenvalue weighted by molar-refractivity contribution is 2.17. The van der Waals surface area contributed by atoms with Crippen molar-refractivity contribution in [3.63, 3.8) is 0 Å². The van der Waals surface area contributed by atoms with Crippen molar-refractivity contribution in [1.82, 2.24) is 0 Å². The van der Waals surface area contributed by atoms with E-state index in [9.17, 15) is 0 Å². The van der Waals surface area contributed by atoms with Gasteiger partial charge in [-0.15, -0.1) is 0 Å². The van der Waals surface area contributed by atoms with Gasteiger partial charge < -0.3 is 0 Å². The van der Waals surface area contributed by atoms with Gasteiger partial charge in [0.2, 0.25) is 12.1 Å². The Morgan fingerprint density at radius 2 is 1.60 bits per heavy atom. The summed E-state index contributed by atoms with van der Waals surface area (Å²) in [6.07, 6.45) is 0.472. The Bertz CT molecular complexity index is 106. The Labute approximate surface area is 33.8 Å². The monoisotopic (exact) mass is 137 g/mol. The molecule has 4 heteroatoms. The predicted molar refractivity (Wildman–Crippen MR) is 31.5 cm³/mol. The van der Waals surface area contributed by atoms with Crippen LogP contribution in [0.2, 0.25) is 0 Å². The molecule has 0 amide bonds. The van der Waals surface area contributed by atoms with E-state index in [1.165, 1.54) is 0 Å². The predicted octanol–water partition coefficient (Wildman–Crippen LogP) is 3.36. The summed E-state index contributed by atoms with van der Waals surface area (Å²) in [5.41, 5.74) is 0. The summed E-state index contributed by atoms with van der Waals surface area (Å²) in [5.74, 6) is 0. The third-order valence-corrected chi connectivity index (χ3v) is 57.0. The molecule has 4 saturated heterocycles. The van der Waals surface area contributed by atoms with Crippen LogP contribution in [-0.2, 0) is 0 Å². The number of fused-ring (bicyclic) bond motifs is 4. The van der Waals surface area contributed by atoms with Gasteiger partial charge in [0, 0.05) is 0 Å². The van der Waals surface area contributed by atoms with Crippen LogP contribution in [0.1, 0.15) is 0 Å². The van der Waals surface area contributed by atoms with E-state index >= 15 is 0 Å². The SMILES string of the molecule is C12P3P4P1[P+]234. The molecule has 0 aromatic heterocycles. The second-order valence-electron chi connectivity index (χ2n) is 1.87. The maximum absolute atomic E-state index is 1.62. The maximum atomic E-state index is 1.62. The van der Waals surface area contributed by atoms with Gasteiger partial charge in [0.25, 0.3) is 0 Å².